The van der Waals surface area contributed by atoms with E-state index >= 15 is 0 Å². The summed E-state index contributed by atoms with van der Waals surface area (Å²) in [5.41, 5.74) is 7.21. The zero-order valence-electron chi connectivity index (χ0n) is 12.8. The second-order valence-electron chi connectivity index (χ2n) is 5.78. The number of hydrogen-bond donors (Lipinski definition) is 2. The van der Waals surface area contributed by atoms with Crippen LogP contribution in [0.15, 0.2) is 16.8 Å². The van der Waals surface area contributed by atoms with E-state index in [4.69, 9.17) is 5.73 Å². The minimum atomic E-state index is -0.895. The van der Waals surface area contributed by atoms with E-state index in [1.807, 2.05) is 19.2 Å². The van der Waals surface area contributed by atoms with Crippen molar-refractivity contribution in [2.24, 2.45) is 5.73 Å². The van der Waals surface area contributed by atoms with Gasteiger partial charge in [0.1, 0.15) is 5.01 Å². The number of hydrogen-bond acceptors (Lipinski definition) is 5. The van der Waals surface area contributed by atoms with Gasteiger partial charge < -0.3 is 11.1 Å². The van der Waals surface area contributed by atoms with Crippen LogP contribution in [-0.4, -0.2) is 16.4 Å². The number of thiophene rings is 1. The number of aryl methyl sites for hydroxylation is 2. The van der Waals surface area contributed by atoms with Crippen molar-refractivity contribution in [3.8, 4) is 0 Å². The average Bonchev–Trinajstić information content (AvgIpc) is 2.98. The number of nitrogens with two attached hydrogens (primary N) is 1. The van der Waals surface area contributed by atoms with Gasteiger partial charge in [0.15, 0.2) is 0 Å². The Hall–Kier alpha value is -1.24. The van der Waals surface area contributed by atoms with Crippen LogP contribution in [0.2, 0.25) is 0 Å². The Morgan fingerprint density at radius 2 is 2.19 bits per heavy atom. The first-order valence-electron chi connectivity index (χ1n) is 6.82. The summed E-state index contributed by atoms with van der Waals surface area (Å²) in [5.74, 6) is -0.159. The molecule has 1 amide bonds. The van der Waals surface area contributed by atoms with E-state index in [1.54, 1.807) is 36.5 Å². The molecule has 4 nitrogen and oxygen atoms in total. The zero-order valence-corrected chi connectivity index (χ0v) is 14.4. The van der Waals surface area contributed by atoms with Crippen LogP contribution in [0.3, 0.4) is 0 Å². The van der Waals surface area contributed by atoms with Gasteiger partial charge in [-0.25, -0.2) is 4.98 Å². The van der Waals surface area contributed by atoms with Gasteiger partial charge in [-0.3, -0.25) is 4.79 Å². The highest BCUT2D eigenvalue weighted by Crippen LogP contribution is 2.26. The van der Waals surface area contributed by atoms with Gasteiger partial charge in [0, 0.05) is 11.3 Å². The molecule has 0 bridgehead atoms. The molecule has 0 radical (unpaired) electrons. The van der Waals surface area contributed by atoms with E-state index < -0.39 is 5.54 Å². The van der Waals surface area contributed by atoms with E-state index in [0.717, 1.165) is 17.1 Å². The van der Waals surface area contributed by atoms with Gasteiger partial charge >= 0.3 is 0 Å². The van der Waals surface area contributed by atoms with Gasteiger partial charge in [0.05, 0.1) is 17.3 Å². The fraction of sp³-hybridized carbons (Fsp3) is 0.467. The lowest BCUT2D eigenvalue weighted by molar-refractivity contribution is -0.126. The molecule has 0 spiro atoms. The molecule has 0 aliphatic heterocycles. The van der Waals surface area contributed by atoms with Gasteiger partial charge in [-0.15, -0.1) is 11.3 Å². The number of nitrogens with one attached hydrogen (secondary N) is 1. The maximum absolute atomic E-state index is 12.2. The van der Waals surface area contributed by atoms with Gasteiger partial charge in [0.25, 0.3) is 0 Å². The van der Waals surface area contributed by atoms with Crippen molar-refractivity contribution in [1.29, 1.82) is 0 Å². The lowest BCUT2D eigenvalue weighted by Crippen LogP contribution is -2.50. The van der Waals surface area contributed by atoms with Crippen LogP contribution < -0.4 is 11.1 Å². The monoisotopic (exact) mass is 323 g/mol. The number of aromatic nitrogens is 1. The Labute approximate surface area is 133 Å². The Morgan fingerprint density at radius 3 is 2.67 bits per heavy atom. The van der Waals surface area contributed by atoms with Crippen LogP contribution in [-0.2, 0) is 11.2 Å². The molecule has 2 heterocycles. The van der Waals surface area contributed by atoms with Gasteiger partial charge in [0.2, 0.25) is 5.91 Å². The standard InChI is InChI=1S/C15H21N3OS2/c1-9-10(2)21-13(17-9)12(7-11-5-6-20-8-11)18-14(19)15(3,4)16/h5-6,8,12H,7,16H2,1-4H3,(H,18,19). The maximum atomic E-state index is 12.2. The second-order valence-corrected chi connectivity index (χ2v) is 7.79. The van der Waals surface area contributed by atoms with Crippen molar-refractivity contribution >= 4 is 28.6 Å². The molecule has 2 rings (SSSR count). The van der Waals surface area contributed by atoms with E-state index in [-0.39, 0.29) is 11.9 Å². The first-order chi connectivity index (χ1) is 9.77. The molecule has 0 aromatic carbocycles. The Balaban J connectivity index is 2.23. The lowest BCUT2D eigenvalue weighted by Gasteiger charge is -2.23. The van der Waals surface area contributed by atoms with E-state index in [9.17, 15) is 4.79 Å². The third-order valence-electron chi connectivity index (χ3n) is 3.25. The van der Waals surface area contributed by atoms with Gasteiger partial charge in [-0.1, -0.05) is 0 Å². The molecule has 0 fully saturated rings. The molecule has 0 aliphatic rings. The van der Waals surface area contributed by atoms with Gasteiger partial charge in [-0.2, -0.15) is 11.3 Å². The SMILES string of the molecule is Cc1nc(C(Cc2ccsc2)NC(=O)C(C)(C)N)sc1C. The summed E-state index contributed by atoms with van der Waals surface area (Å²) in [6.45, 7) is 7.46. The Kier molecular flexibility index (Phi) is 4.81. The molecule has 21 heavy (non-hydrogen) atoms. The first kappa shape index (κ1) is 16.1. The number of rotatable bonds is 5. The van der Waals surface area contributed by atoms with Crippen LogP contribution in [0.25, 0.3) is 0 Å². The van der Waals surface area contributed by atoms with Crippen molar-refractivity contribution in [3.05, 3.63) is 38.0 Å². The fourth-order valence-corrected chi connectivity index (χ4v) is 3.49. The van der Waals surface area contributed by atoms with E-state index in [0.29, 0.717) is 0 Å². The summed E-state index contributed by atoms with van der Waals surface area (Å²) in [6, 6.07) is 1.94. The van der Waals surface area contributed by atoms with Crippen molar-refractivity contribution in [3.63, 3.8) is 0 Å². The Bertz CT molecular complexity index is 592. The topological polar surface area (TPSA) is 68.0 Å². The molecular weight excluding hydrogens is 302 g/mol. The number of thiazole rings is 1. The molecule has 0 saturated heterocycles. The summed E-state index contributed by atoms with van der Waals surface area (Å²) in [5, 5.41) is 8.12. The lowest BCUT2D eigenvalue weighted by atomic mass is 10.0. The molecule has 2 aromatic rings. The van der Waals surface area contributed by atoms with E-state index in [1.165, 1.54) is 10.4 Å². The first-order valence-corrected chi connectivity index (χ1v) is 8.58. The third kappa shape index (κ3) is 4.12. The van der Waals surface area contributed by atoms with Crippen molar-refractivity contribution < 1.29 is 4.79 Å². The molecule has 3 N–H and O–H groups in total. The largest absolute Gasteiger partial charge is 0.345 e. The molecule has 1 atom stereocenters. The summed E-state index contributed by atoms with van der Waals surface area (Å²) in [4.78, 5) is 18.0. The molecule has 0 aliphatic carbocycles. The zero-order chi connectivity index (χ0) is 15.6. The number of carbonyl (C=O) groups is 1. The minimum Gasteiger partial charge on any atom is -0.345 e. The molecule has 1 unspecified atom stereocenters. The van der Waals surface area contributed by atoms with Crippen molar-refractivity contribution in [1.82, 2.24) is 10.3 Å². The van der Waals surface area contributed by atoms with E-state index in [2.05, 4.69) is 21.7 Å². The number of nitrogens with zero attached hydrogens (tertiary/aromatic N) is 1. The minimum absolute atomic E-state index is 0.132. The predicted molar refractivity (Wildman–Crippen MR) is 88.8 cm³/mol. The highest BCUT2D eigenvalue weighted by Gasteiger charge is 2.27. The van der Waals surface area contributed by atoms with Gasteiger partial charge in [-0.05, 0) is 50.1 Å². The number of amides is 1. The summed E-state index contributed by atoms with van der Waals surface area (Å²) in [6.07, 6.45) is 0.734. The molecule has 114 valence electrons. The normalized spacial score (nSPS) is 13.2. The van der Waals surface area contributed by atoms with Crippen molar-refractivity contribution in [2.75, 3.05) is 0 Å². The molecule has 2 aromatic heterocycles. The highest BCUT2D eigenvalue weighted by molar-refractivity contribution is 7.11. The Morgan fingerprint density at radius 1 is 1.48 bits per heavy atom. The summed E-state index contributed by atoms with van der Waals surface area (Å²) < 4.78 is 0. The molecular formula is C15H21N3OS2. The number of carbonyl (C=O) groups excluding carboxylic acids is 1. The average molecular weight is 323 g/mol. The summed E-state index contributed by atoms with van der Waals surface area (Å²) in [7, 11) is 0. The van der Waals surface area contributed by atoms with Crippen LogP contribution in [0.4, 0.5) is 0 Å². The van der Waals surface area contributed by atoms with Crippen LogP contribution in [0, 0.1) is 13.8 Å². The van der Waals surface area contributed by atoms with Crippen LogP contribution in [0.5, 0.6) is 0 Å². The van der Waals surface area contributed by atoms with Crippen LogP contribution >= 0.6 is 22.7 Å². The second kappa shape index (κ2) is 6.25. The van der Waals surface area contributed by atoms with Crippen molar-refractivity contribution in [2.45, 2.75) is 45.7 Å². The fourth-order valence-electron chi connectivity index (χ4n) is 1.84. The molecule has 0 saturated carbocycles. The van der Waals surface area contributed by atoms with Crippen LogP contribution in [0.1, 0.15) is 41.0 Å². The highest BCUT2D eigenvalue weighted by atomic mass is 32.1. The smallest absolute Gasteiger partial charge is 0.240 e. The summed E-state index contributed by atoms with van der Waals surface area (Å²) >= 11 is 3.29. The maximum Gasteiger partial charge on any atom is 0.240 e. The quantitative estimate of drug-likeness (QED) is 0.889. The third-order valence-corrected chi connectivity index (χ3v) is 5.17. The predicted octanol–water partition coefficient (Wildman–Crippen LogP) is 2.96. The molecule has 6 heteroatoms.